The highest BCUT2D eigenvalue weighted by atomic mass is 19.2. The van der Waals surface area contributed by atoms with Gasteiger partial charge in [-0.05, 0) is 31.0 Å². The smallest absolute Gasteiger partial charge is 0.295 e. The first-order valence-electron chi connectivity index (χ1n) is 6.36. The lowest BCUT2D eigenvalue weighted by molar-refractivity contribution is -0.384. The van der Waals surface area contributed by atoms with E-state index in [0.29, 0.717) is 0 Å². The molecule has 0 amide bonds. The molecular formula is C15H14F2N2O2. The molecule has 0 saturated carbocycles. The summed E-state index contributed by atoms with van der Waals surface area (Å²) in [7, 11) is 0. The van der Waals surface area contributed by atoms with E-state index in [-0.39, 0.29) is 0 Å². The van der Waals surface area contributed by atoms with Gasteiger partial charge in [-0.3, -0.25) is 10.1 Å². The van der Waals surface area contributed by atoms with Gasteiger partial charge in [0.15, 0.2) is 17.3 Å². The molecule has 1 N–H and O–H groups in total. The Bertz CT molecular complexity index is 689. The lowest BCUT2D eigenvalue weighted by atomic mass is 10.0. The van der Waals surface area contributed by atoms with Crippen molar-refractivity contribution in [2.24, 2.45) is 0 Å². The predicted octanol–water partition coefficient (Wildman–Crippen LogP) is 4.35. The summed E-state index contributed by atoms with van der Waals surface area (Å²) in [6.45, 7) is 3.61. The second-order valence-electron chi connectivity index (χ2n) is 4.74. The van der Waals surface area contributed by atoms with E-state index in [1.807, 2.05) is 31.2 Å². The van der Waals surface area contributed by atoms with Gasteiger partial charge in [-0.1, -0.05) is 24.3 Å². The van der Waals surface area contributed by atoms with Gasteiger partial charge in [0.05, 0.1) is 4.92 Å². The third-order valence-electron chi connectivity index (χ3n) is 3.29. The fourth-order valence-electron chi connectivity index (χ4n) is 2.20. The van der Waals surface area contributed by atoms with E-state index < -0.39 is 34.0 Å². The molecule has 0 saturated heterocycles. The third-order valence-corrected chi connectivity index (χ3v) is 3.29. The zero-order valence-corrected chi connectivity index (χ0v) is 11.6. The minimum Gasteiger partial charge on any atom is -0.370 e. The fraction of sp³-hybridized carbons (Fsp3) is 0.200. The highest BCUT2D eigenvalue weighted by Gasteiger charge is 2.23. The van der Waals surface area contributed by atoms with E-state index in [4.69, 9.17) is 0 Å². The van der Waals surface area contributed by atoms with Gasteiger partial charge >= 0.3 is 0 Å². The Labute approximate surface area is 120 Å². The molecule has 21 heavy (non-hydrogen) atoms. The van der Waals surface area contributed by atoms with Crippen LogP contribution in [0.15, 0.2) is 36.4 Å². The molecule has 0 aliphatic heterocycles. The van der Waals surface area contributed by atoms with Crippen LogP contribution in [-0.4, -0.2) is 4.92 Å². The van der Waals surface area contributed by atoms with Crippen LogP contribution >= 0.6 is 0 Å². The molecule has 1 unspecified atom stereocenters. The summed E-state index contributed by atoms with van der Waals surface area (Å²) in [5.74, 6) is -2.37. The van der Waals surface area contributed by atoms with Crippen molar-refractivity contribution >= 4 is 11.4 Å². The van der Waals surface area contributed by atoms with Crippen LogP contribution in [0.5, 0.6) is 0 Å². The van der Waals surface area contributed by atoms with Gasteiger partial charge in [-0.2, -0.15) is 0 Å². The molecular weight excluding hydrogens is 278 g/mol. The van der Waals surface area contributed by atoms with E-state index in [1.54, 1.807) is 6.92 Å². The summed E-state index contributed by atoms with van der Waals surface area (Å²) in [5, 5.41) is 13.6. The average molecular weight is 292 g/mol. The number of hydrogen-bond donors (Lipinski definition) is 1. The lowest BCUT2D eigenvalue weighted by Crippen LogP contribution is -2.12. The maximum absolute atomic E-state index is 13.9. The number of nitrogens with zero attached hydrogens (tertiary/aromatic N) is 1. The monoisotopic (exact) mass is 292 g/mol. The van der Waals surface area contributed by atoms with Crippen molar-refractivity contribution in [3.8, 4) is 0 Å². The largest absolute Gasteiger partial charge is 0.370 e. The minimum atomic E-state index is -1.25. The van der Waals surface area contributed by atoms with Crippen molar-refractivity contribution in [3.05, 3.63) is 69.3 Å². The van der Waals surface area contributed by atoms with Crippen molar-refractivity contribution in [2.45, 2.75) is 19.9 Å². The number of benzene rings is 2. The Kier molecular flexibility index (Phi) is 4.16. The zero-order valence-electron chi connectivity index (χ0n) is 11.6. The van der Waals surface area contributed by atoms with Crippen LogP contribution in [0, 0.1) is 28.7 Å². The maximum Gasteiger partial charge on any atom is 0.295 e. The number of anilines is 1. The van der Waals surface area contributed by atoms with Crippen molar-refractivity contribution in [1.29, 1.82) is 0 Å². The van der Waals surface area contributed by atoms with Crippen LogP contribution in [0.25, 0.3) is 0 Å². The molecule has 0 aromatic heterocycles. The molecule has 110 valence electrons. The highest BCUT2D eigenvalue weighted by Crippen LogP contribution is 2.32. The van der Waals surface area contributed by atoms with Crippen LogP contribution in [0.1, 0.15) is 24.1 Å². The highest BCUT2D eigenvalue weighted by molar-refractivity contribution is 5.63. The standard InChI is InChI=1S/C15H14F2N2O2/c1-9-5-3-4-6-11(9)10(2)18-15-13(19(20)21)8-7-12(16)14(15)17/h3-8,10,18H,1-2H3. The van der Waals surface area contributed by atoms with E-state index in [9.17, 15) is 18.9 Å². The van der Waals surface area contributed by atoms with Crippen molar-refractivity contribution in [3.63, 3.8) is 0 Å². The Morgan fingerprint density at radius 2 is 1.86 bits per heavy atom. The van der Waals surface area contributed by atoms with E-state index in [1.165, 1.54) is 0 Å². The van der Waals surface area contributed by atoms with Crippen molar-refractivity contribution < 1.29 is 13.7 Å². The zero-order chi connectivity index (χ0) is 15.6. The number of halogens is 2. The second kappa shape index (κ2) is 5.87. The molecule has 2 aromatic rings. The van der Waals surface area contributed by atoms with Crippen LogP contribution in [0.3, 0.4) is 0 Å². The van der Waals surface area contributed by atoms with Gasteiger partial charge in [-0.25, -0.2) is 8.78 Å². The van der Waals surface area contributed by atoms with Crippen molar-refractivity contribution in [2.75, 3.05) is 5.32 Å². The normalized spacial score (nSPS) is 12.0. The van der Waals surface area contributed by atoms with Gasteiger partial charge in [0.25, 0.3) is 5.69 Å². The number of hydrogen-bond acceptors (Lipinski definition) is 3. The molecule has 0 aliphatic rings. The van der Waals surface area contributed by atoms with Crippen molar-refractivity contribution in [1.82, 2.24) is 0 Å². The van der Waals surface area contributed by atoms with Gasteiger partial charge in [-0.15, -0.1) is 0 Å². The summed E-state index contributed by atoms with van der Waals surface area (Å²) >= 11 is 0. The Hall–Kier alpha value is -2.50. The molecule has 2 rings (SSSR count). The predicted molar refractivity (Wildman–Crippen MR) is 76.2 cm³/mol. The lowest BCUT2D eigenvalue weighted by Gasteiger charge is -2.18. The molecule has 0 radical (unpaired) electrons. The van der Waals surface area contributed by atoms with Crippen LogP contribution in [0.2, 0.25) is 0 Å². The Balaban J connectivity index is 2.41. The Morgan fingerprint density at radius 1 is 1.19 bits per heavy atom. The third kappa shape index (κ3) is 2.99. The first kappa shape index (κ1) is 14.9. The topological polar surface area (TPSA) is 55.2 Å². The first-order valence-corrected chi connectivity index (χ1v) is 6.36. The number of nitro benzene ring substituents is 1. The molecule has 0 aliphatic carbocycles. The molecule has 0 spiro atoms. The number of nitrogens with one attached hydrogen (secondary N) is 1. The van der Waals surface area contributed by atoms with Crippen LogP contribution < -0.4 is 5.32 Å². The van der Waals surface area contributed by atoms with Gasteiger partial charge in [0.1, 0.15) is 0 Å². The minimum absolute atomic E-state index is 0.402. The van der Waals surface area contributed by atoms with E-state index >= 15 is 0 Å². The summed E-state index contributed by atoms with van der Waals surface area (Å²) in [4.78, 5) is 10.2. The molecule has 2 aromatic carbocycles. The fourth-order valence-corrected chi connectivity index (χ4v) is 2.20. The second-order valence-corrected chi connectivity index (χ2v) is 4.74. The Morgan fingerprint density at radius 3 is 2.48 bits per heavy atom. The van der Waals surface area contributed by atoms with Gasteiger partial charge in [0, 0.05) is 12.1 Å². The summed E-state index contributed by atoms with van der Waals surface area (Å²) in [6, 6.07) is 8.68. The molecule has 4 nitrogen and oxygen atoms in total. The molecule has 0 heterocycles. The van der Waals surface area contributed by atoms with Crippen LogP contribution in [0.4, 0.5) is 20.2 Å². The molecule has 0 bridgehead atoms. The van der Waals surface area contributed by atoms with E-state index in [0.717, 1.165) is 23.3 Å². The molecule has 6 heteroatoms. The van der Waals surface area contributed by atoms with E-state index in [2.05, 4.69) is 5.32 Å². The first-order chi connectivity index (χ1) is 9.91. The van der Waals surface area contributed by atoms with Gasteiger partial charge < -0.3 is 5.32 Å². The number of aryl methyl sites for hydroxylation is 1. The molecule has 0 fully saturated rings. The van der Waals surface area contributed by atoms with Crippen LogP contribution in [-0.2, 0) is 0 Å². The summed E-state index contributed by atoms with van der Waals surface area (Å²) in [6.07, 6.45) is 0. The number of nitro groups is 1. The summed E-state index contributed by atoms with van der Waals surface area (Å²) in [5.41, 5.74) is 0.887. The molecule has 1 atom stereocenters. The SMILES string of the molecule is Cc1ccccc1C(C)Nc1c([N+](=O)[O-])ccc(F)c1F. The quantitative estimate of drug-likeness (QED) is 0.673. The number of rotatable bonds is 4. The summed E-state index contributed by atoms with van der Waals surface area (Å²) < 4.78 is 27.2. The average Bonchev–Trinajstić information content (AvgIpc) is 2.44. The maximum atomic E-state index is 13.9. The van der Waals surface area contributed by atoms with Gasteiger partial charge in [0.2, 0.25) is 0 Å².